The van der Waals surface area contributed by atoms with Crippen LogP contribution in [0.15, 0.2) is 0 Å². The molecular formula is C15H27ClN4. The van der Waals surface area contributed by atoms with Gasteiger partial charge in [-0.1, -0.05) is 24.9 Å². The highest BCUT2D eigenvalue weighted by Crippen LogP contribution is 2.14. The number of hydrogen-bond acceptors (Lipinski definition) is 3. The number of H-pyrrole nitrogens is 1. The van der Waals surface area contributed by atoms with Crippen molar-refractivity contribution < 1.29 is 0 Å². The minimum absolute atomic E-state index is 0.478. The molecule has 1 unspecified atom stereocenters. The molecule has 1 aromatic rings. The largest absolute Gasteiger partial charge is 0.344 e. The van der Waals surface area contributed by atoms with Crippen molar-refractivity contribution in [2.75, 3.05) is 19.6 Å². The summed E-state index contributed by atoms with van der Waals surface area (Å²) in [5, 5.41) is 4.16. The van der Waals surface area contributed by atoms with Crippen LogP contribution in [0.25, 0.3) is 0 Å². The molecule has 0 amide bonds. The van der Waals surface area contributed by atoms with E-state index in [1.165, 1.54) is 32.4 Å². The molecule has 1 aliphatic rings. The van der Waals surface area contributed by atoms with Gasteiger partial charge in [-0.25, -0.2) is 4.98 Å². The Morgan fingerprint density at radius 3 is 2.85 bits per heavy atom. The highest BCUT2D eigenvalue weighted by atomic mass is 35.5. The molecule has 1 aliphatic heterocycles. The Hall–Kier alpha value is -0.580. The fraction of sp³-hybridized carbons (Fsp3) is 0.800. The fourth-order valence-electron chi connectivity index (χ4n) is 2.71. The molecule has 114 valence electrons. The third-order valence-corrected chi connectivity index (χ3v) is 4.22. The second kappa shape index (κ2) is 8.01. The molecule has 5 heteroatoms. The van der Waals surface area contributed by atoms with Crippen LogP contribution >= 0.6 is 11.6 Å². The highest BCUT2D eigenvalue weighted by Gasteiger charge is 2.15. The maximum atomic E-state index is 6.18. The van der Waals surface area contributed by atoms with Crippen LogP contribution in [-0.4, -0.2) is 40.5 Å². The van der Waals surface area contributed by atoms with Crippen LogP contribution in [0, 0.1) is 0 Å². The second-order valence-electron chi connectivity index (χ2n) is 5.85. The summed E-state index contributed by atoms with van der Waals surface area (Å²) < 4.78 is 0. The standard InChI is InChI=1S/C15H27ClN4/c1-3-4-7-14-18-13(15(16)19-14)10-17-12(2)11-20-8-5-6-9-20/h12,17H,3-11H2,1-2H3,(H,18,19). The Labute approximate surface area is 127 Å². The molecule has 4 nitrogen and oxygen atoms in total. The molecule has 2 heterocycles. The van der Waals surface area contributed by atoms with Crippen LogP contribution in [0.2, 0.25) is 5.15 Å². The number of aromatic nitrogens is 2. The number of nitrogens with one attached hydrogen (secondary N) is 2. The average Bonchev–Trinajstić information content (AvgIpc) is 3.04. The maximum Gasteiger partial charge on any atom is 0.151 e. The number of likely N-dealkylation sites (tertiary alicyclic amines) is 1. The van der Waals surface area contributed by atoms with Crippen LogP contribution in [0.3, 0.4) is 0 Å². The van der Waals surface area contributed by atoms with Crippen molar-refractivity contribution in [2.24, 2.45) is 0 Å². The molecule has 1 saturated heterocycles. The lowest BCUT2D eigenvalue weighted by atomic mass is 10.2. The van der Waals surface area contributed by atoms with Crippen molar-refractivity contribution in [3.05, 3.63) is 16.7 Å². The third kappa shape index (κ3) is 4.76. The fourth-order valence-corrected chi connectivity index (χ4v) is 2.93. The van der Waals surface area contributed by atoms with Crippen molar-refractivity contribution in [3.8, 4) is 0 Å². The Balaban J connectivity index is 1.76. The normalized spacial score (nSPS) is 17.8. The van der Waals surface area contributed by atoms with Gasteiger partial charge in [-0.2, -0.15) is 0 Å². The van der Waals surface area contributed by atoms with Gasteiger partial charge in [0.25, 0.3) is 0 Å². The van der Waals surface area contributed by atoms with Crippen molar-refractivity contribution in [1.29, 1.82) is 0 Å². The number of aromatic amines is 1. The van der Waals surface area contributed by atoms with Crippen LogP contribution in [0.5, 0.6) is 0 Å². The number of rotatable bonds is 8. The number of hydrogen-bond donors (Lipinski definition) is 2. The molecule has 0 aromatic carbocycles. The summed E-state index contributed by atoms with van der Waals surface area (Å²) in [6, 6.07) is 0.478. The Kier molecular flexibility index (Phi) is 6.33. The zero-order valence-electron chi connectivity index (χ0n) is 12.7. The zero-order valence-corrected chi connectivity index (χ0v) is 13.5. The predicted octanol–water partition coefficient (Wildman–Crippen LogP) is 2.98. The molecule has 1 fully saturated rings. The molecule has 0 saturated carbocycles. The summed E-state index contributed by atoms with van der Waals surface area (Å²) in [7, 11) is 0. The molecule has 1 aromatic heterocycles. The monoisotopic (exact) mass is 298 g/mol. The number of halogens is 1. The molecular weight excluding hydrogens is 272 g/mol. The second-order valence-corrected chi connectivity index (χ2v) is 6.20. The first-order valence-electron chi connectivity index (χ1n) is 7.88. The summed E-state index contributed by atoms with van der Waals surface area (Å²) >= 11 is 6.18. The van der Waals surface area contributed by atoms with Gasteiger partial charge in [0.05, 0.1) is 5.69 Å². The van der Waals surface area contributed by atoms with Crippen LogP contribution in [-0.2, 0) is 13.0 Å². The van der Waals surface area contributed by atoms with E-state index in [1.807, 2.05) is 0 Å². The van der Waals surface area contributed by atoms with Crippen LogP contribution in [0.4, 0.5) is 0 Å². The van der Waals surface area contributed by atoms with Gasteiger partial charge in [-0.15, -0.1) is 0 Å². The Morgan fingerprint density at radius 1 is 1.40 bits per heavy atom. The van der Waals surface area contributed by atoms with Crippen LogP contribution < -0.4 is 5.32 Å². The lowest BCUT2D eigenvalue weighted by Crippen LogP contribution is -2.37. The van der Waals surface area contributed by atoms with Gasteiger partial charge in [-0.3, -0.25) is 0 Å². The molecule has 0 aliphatic carbocycles. The quantitative estimate of drug-likeness (QED) is 0.775. The topological polar surface area (TPSA) is 44.0 Å². The summed E-state index contributed by atoms with van der Waals surface area (Å²) in [4.78, 5) is 10.3. The Bertz CT molecular complexity index is 399. The molecule has 0 bridgehead atoms. The molecule has 20 heavy (non-hydrogen) atoms. The number of imidazole rings is 1. The van der Waals surface area contributed by atoms with Crippen molar-refractivity contribution in [3.63, 3.8) is 0 Å². The summed E-state index contributed by atoms with van der Waals surface area (Å²) in [6.07, 6.45) is 6.01. The van der Waals surface area contributed by atoms with E-state index >= 15 is 0 Å². The average molecular weight is 299 g/mol. The number of aryl methyl sites for hydroxylation is 1. The molecule has 1 atom stereocenters. The van der Waals surface area contributed by atoms with Crippen molar-refractivity contribution in [2.45, 2.75) is 58.5 Å². The summed E-state index contributed by atoms with van der Waals surface area (Å²) in [6.45, 7) is 8.81. The number of nitrogens with zero attached hydrogens (tertiary/aromatic N) is 2. The van der Waals surface area contributed by atoms with E-state index in [-0.39, 0.29) is 0 Å². The van der Waals surface area contributed by atoms with Gasteiger partial charge < -0.3 is 15.2 Å². The summed E-state index contributed by atoms with van der Waals surface area (Å²) in [5.41, 5.74) is 1.02. The highest BCUT2D eigenvalue weighted by molar-refractivity contribution is 6.30. The van der Waals surface area contributed by atoms with Gasteiger partial charge in [0, 0.05) is 25.6 Å². The van der Waals surface area contributed by atoms with E-state index in [1.54, 1.807) is 0 Å². The smallest absolute Gasteiger partial charge is 0.151 e. The van der Waals surface area contributed by atoms with Crippen molar-refractivity contribution >= 4 is 11.6 Å². The Morgan fingerprint density at radius 2 is 2.15 bits per heavy atom. The molecule has 2 N–H and O–H groups in total. The van der Waals surface area contributed by atoms with Gasteiger partial charge in [0.1, 0.15) is 5.82 Å². The maximum absolute atomic E-state index is 6.18. The first-order valence-corrected chi connectivity index (χ1v) is 8.25. The van der Waals surface area contributed by atoms with E-state index in [0.717, 1.165) is 37.4 Å². The lowest BCUT2D eigenvalue weighted by molar-refractivity contribution is 0.298. The van der Waals surface area contributed by atoms with Gasteiger partial charge in [0.2, 0.25) is 0 Å². The van der Waals surface area contributed by atoms with Gasteiger partial charge in [0.15, 0.2) is 5.15 Å². The molecule has 0 radical (unpaired) electrons. The number of unbranched alkanes of at least 4 members (excludes halogenated alkanes) is 1. The van der Waals surface area contributed by atoms with E-state index in [2.05, 4.69) is 34.0 Å². The minimum Gasteiger partial charge on any atom is -0.344 e. The van der Waals surface area contributed by atoms with Gasteiger partial charge >= 0.3 is 0 Å². The summed E-state index contributed by atoms with van der Waals surface area (Å²) in [5.74, 6) is 1.01. The minimum atomic E-state index is 0.478. The lowest BCUT2D eigenvalue weighted by Gasteiger charge is -2.21. The van der Waals surface area contributed by atoms with Gasteiger partial charge in [-0.05, 0) is 39.3 Å². The zero-order chi connectivity index (χ0) is 14.4. The first kappa shape index (κ1) is 15.8. The molecule has 0 spiro atoms. The van der Waals surface area contributed by atoms with E-state index in [4.69, 9.17) is 11.6 Å². The molecule has 2 rings (SSSR count). The SMILES string of the molecule is CCCCc1nc(Cl)c(CNC(C)CN2CCCC2)[nH]1. The van der Waals surface area contributed by atoms with Crippen LogP contribution in [0.1, 0.15) is 51.0 Å². The van der Waals surface area contributed by atoms with Crippen molar-refractivity contribution in [1.82, 2.24) is 20.2 Å². The van der Waals surface area contributed by atoms with E-state index in [9.17, 15) is 0 Å². The van der Waals surface area contributed by atoms with E-state index in [0.29, 0.717) is 11.2 Å². The predicted molar refractivity (Wildman–Crippen MR) is 84.2 cm³/mol. The third-order valence-electron chi connectivity index (χ3n) is 3.90. The van der Waals surface area contributed by atoms with E-state index < -0.39 is 0 Å². The first-order chi connectivity index (χ1) is 9.69.